The molecule has 118 valence electrons. The molecule has 1 N–H and O–H groups in total. The van der Waals surface area contributed by atoms with Gasteiger partial charge in [0.05, 0.1) is 18.2 Å². The fourth-order valence-corrected chi connectivity index (χ4v) is 1.81. The fourth-order valence-electron chi connectivity index (χ4n) is 1.81. The highest BCUT2D eigenvalue weighted by molar-refractivity contribution is 6.15. The monoisotopic (exact) mass is 309 g/mol. The number of rotatable bonds is 5. The SMILES string of the molecule is CCOC(=O)C(C=NC1CC1)=C(O)c1ccc(F)c(C)c1F. The van der Waals surface area contributed by atoms with Crippen molar-refractivity contribution in [2.75, 3.05) is 6.61 Å². The average molecular weight is 309 g/mol. The van der Waals surface area contributed by atoms with Crippen molar-refractivity contribution in [1.29, 1.82) is 0 Å². The van der Waals surface area contributed by atoms with Gasteiger partial charge in [-0.25, -0.2) is 13.6 Å². The summed E-state index contributed by atoms with van der Waals surface area (Å²) in [6.45, 7) is 2.98. The zero-order valence-corrected chi connectivity index (χ0v) is 12.4. The Hall–Kier alpha value is -2.24. The number of aliphatic hydroxyl groups is 1. The van der Waals surface area contributed by atoms with E-state index < -0.39 is 23.4 Å². The maximum atomic E-state index is 14.1. The van der Waals surface area contributed by atoms with Crippen molar-refractivity contribution in [2.24, 2.45) is 4.99 Å². The van der Waals surface area contributed by atoms with E-state index >= 15 is 0 Å². The van der Waals surface area contributed by atoms with Crippen LogP contribution in [0, 0.1) is 18.6 Å². The molecule has 0 bridgehead atoms. The maximum Gasteiger partial charge on any atom is 0.343 e. The zero-order chi connectivity index (χ0) is 16.3. The quantitative estimate of drug-likeness (QED) is 0.393. The first-order valence-electron chi connectivity index (χ1n) is 7.04. The molecule has 0 saturated heterocycles. The van der Waals surface area contributed by atoms with Crippen molar-refractivity contribution in [3.8, 4) is 0 Å². The molecule has 1 saturated carbocycles. The van der Waals surface area contributed by atoms with Crippen molar-refractivity contribution in [3.63, 3.8) is 0 Å². The van der Waals surface area contributed by atoms with Crippen LogP contribution in [-0.4, -0.2) is 29.9 Å². The number of aliphatic hydroxyl groups excluding tert-OH is 1. The van der Waals surface area contributed by atoms with Crippen molar-refractivity contribution < 1.29 is 23.4 Å². The van der Waals surface area contributed by atoms with E-state index in [1.165, 1.54) is 13.1 Å². The second-order valence-corrected chi connectivity index (χ2v) is 5.03. The normalized spacial score (nSPS) is 15.8. The molecule has 0 spiro atoms. The van der Waals surface area contributed by atoms with E-state index in [2.05, 4.69) is 4.99 Å². The molecule has 1 aromatic rings. The Kier molecular flexibility index (Phi) is 4.90. The molecule has 22 heavy (non-hydrogen) atoms. The minimum atomic E-state index is -0.917. The van der Waals surface area contributed by atoms with Crippen LogP contribution in [0.1, 0.15) is 30.9 Å². The largest absolute Gasteiger partial charge is 0.506 e. The molecule has 0 radical (unpaired) electrons. The lowest BCUT2D eigenvalue weighted by Crippen LogP contribution is -2.12. The Labute approximate surface area is 127 Å². The van der Waals surface area contributed by atoms with E-state index in [-0.39, 0.29) is 29.3 Å². The number of carbonyl (C=O) groups excluding carboxylic acids is 1. The highest BCUT2D eigenvalue weighted by Gasteiger charge is 2.23. The Morgan fingerprint density at radius 3 is 2.73 bits per heavy atom. The van der Waals surface area contributed by atoms with Gasteiger partial charge in [-0.05, 0) is 38.8 Å². The first-order valence-corrected chi connectivity index (χ1v) is 7.04. The average Bonchev–Trinajstić information content (AvgIpc) is 3.29. The molecule has 1 aliphatic rings. The van der Waals surface area contributed by atoms with E-state index in [0.29, 0.717) is 0 Å². The first kappa shape index (κ1) is 16.1. The molecule has 1 aliphatic carbocycles. The smallest absolute Gasteiger partial charge is 0.343 e. The summed E-state index contributed by atoms with van der Waals surface area (Å²) >= 11 is 0. The summed E-state index contributed by atoms with van der Waals surface area (Å²) in [7, 11) is 0. The number of esters is 1. The van der Waals surface area contributed by atoms with Gasteiger partial charge in [-0.1, -0.05) is 0 Å². The highest BCUT2D eigenvalue weighted by Crippen LogP contribution is 2.26. The third-order valence-corrected chi connectivity index (χ3v) is 3.29. The lowest BCUT2D eigenvalue weighted by atomic mass is 10.0. The van der Waals surface area contributed by atoms with Crippen LogP contribution in [0.15, 0.2) is 22.7 Å². The lowest BCUT2D eigenvalue weighted by molar-refractivity contribution is -0.137. The third kappa shape index (κ3) is 3.50. The van der Waals surface area contributed by atoms with Crippen LogP contribution in [0.25, 0.3) is 5.76 Å². The number of benzene rings is 1. The van der Waals surface area contributed by atoms with E-state index in [4.69, 9.17) is 4.74 Å². The van der Waals surface area contributed by atoms with Gasteiger partial charge in [-0.15, -0.1) is 0 Å². The zero-order valence-electron chi connectivity index (χ0n) is 12.4. The molecule has 0 aromatic heterocycles. The van der Waals surface area contributed by atoms with Crippen LogP contribution >= 0.6 is 0 Å². The Bertz CT molecular complexity index is 649. The van der Waals surface area contributed by atoms with Gasteiger partial charge in [0.15, 0.2) is 0 Å². The van der Waals surface area contributed by atoms with Gasteiger partial charge < -0.3 is 9.84 Å². The van der Waals surface area contributed by atoms with E-state index in [9.17, 15) is 18.7 Å². The standard InChI is InChI=1S/C16H17F2NO3/c1-3-22-16(21)12(8-19-10-4-5-10)15(20)11-6-7-13(17)9(2)14(11)18/h6-8,10,20H,3-5H2,1-2H3. The highest BCUT2D eigenvalue weighted by atomic mass is 19.1. The van der Waals surface area contributed by atoms with Gasteiger partial charge in [0.1, 0.15) is 23.0 Å². The summed E-state index contributed by atoms with van der Waals surface area (Å²) in [5.74, 6) is -3.05. The van der Waals surface area contributed by atoms with Crippen molar-refractivity contribution in [1.82, 2.24) is 0 Å². The van der Waals surface area contributed by atoms with Gasteiger partial charge in [0, 0.05) is 11.8 Å². The summed E-state index contributed by atoms with van der Waals surface area (Å²) in [6, 6.07) is 2.24. The fraction of sp³-hybridized carbons (Fsp3) is 0.375. The van der Waals surface area contributed by atoms with Crippen LogP contribution in [0.2, 0.25) is 0 Å². The summed E-state index contributed by atoms with van der Waals surface area (Å²) in [5, 5.41) is 10.2. The number of halogens is 2. The molecule has 1 fully saturated rings. The van der Waals surface area contributed by atoms with E-state index in [1.54, 1.807) is 6.92 Å². The summed E-state index contributed by atoms with van der Waals surface area (Å²) in [6.07, 6.45) is 3.03. The minimum Gasteiger partial charge on any atom is -0.506 e. The van der Waals surface area contributed by atoms with Gasteiger partial charge >= 0.3 is 5.97 Å². The van der Waals surface area contributed by atoms with Crippen LogP contribution in [0.3, 0.4) is 0 Å². The maximum absolute atomic E-state index is 14.1. The number of hydrogen-bond donors (Lipinski definition) is 1. The minimum absolute atomic E-state index is 0.109. The molecule has 0 atom stereocenters. The van der Waals surface area contributed by atoms with E-state index in [1.807, 2.05) is 0 Å². The van der Waals surface area contributed by atoms with Crippen molar-refractivity contribution in [3.05, 3.63) is 40.5 Å². The first-order chi connectivity index (χ1) is 10.5. The molecule has 2 rings (SSSR count). The van der Waals surface area contributed by atoms with Gasteiger partial charge in [-0.3, -0.25) is 4.99 Å². The third-order valence-electron chi connectivity index (χ3n) is 3.29. The second kappa shape index (κ2) is 6.68. The number of carbonyl (C=O) groups is 1. The number of hydrogen-bond acceptors (Lipinski definition) is 4. The molecule has 4 nitrogen and oxygen atoms in total. The molecule has 0 heterocycles. The molecule has 0 unspecified atom stereocenters. The summed E-state index contributed by atoms with van der Waals surface area (Å²) in [5.41, 5.74) is -0.728. The molecule has 0 aliphatic heterocycles. The van der Waals surface area contributed by atoms with Gasteiger partial charge in [0.2, 0.25) is 0 Å². The van der Waals surface area contributed by atoms with Crippen molar-refractivity contribution >= 4 is 17.9 Å². The topological polar surface area (TPSA) is 58.9 Å². The number of aliphatic imine (C=N–C) groups is 1. The molecule has 6 heteroatoms. The molecule has 1 aromatic carbocycles. The van der Waals surface area contributed by atoms with Crippen LogP contribution < -0.4 is 0 Å². The molecule has 0 amide bonds. The van der Waals surface area contributed by atoms with Crippen LogP contribution in [0.5, 0.6) is 0 Å². The van der Waals surface area contributed by atoms with Crippen LogP contribution in [-0.2, 0) is 9.53 Å². The van der Waals surface area contributed by atoms with Gasteiger partial charge in [0.25, 0.3) is 0 Å². The Morgan fingerprint density at radius 2 is 2.14 bits per heavy atom. The summed E-state index contributed by atoms with van der Waals surface area (Å²) in [4.78, 5) is 16.0. The molecular weight excluding hydrogens is 292 g/mol. The number of ether oxygens (including phenoxy) is 1. The van der Waals surface area contributed by atoms with E-state index in [0.717, 1.165) is 25.0 Å². The van der Waals surface area contributed by atoms with Gasteiger partial charge in [-0.2, -0.15) is 0 Å². The van der Waals surface area contributed by atoms with Crippen molar-refractivity contribution in [2.45, 2.75) is 32.7 Å². The number of nitrogens with zero attached hydrogens (tertiary/aromatic N) is 1. The summed E-state index contributed by atoms with van der Waals surface area (Å²) < 4.78 is 32.3. The second-order valence-electron chi connectivity index (χ2n) is 5.03. The predicted octanol–water partition coefficient (Wildman–Crippen LogP) is 3.34. The Morgan fingerprint density at radius 1 is 1.45 bits per heavy atom. The van der Waals surface area contributed by atoms with Crippen LogP contribution in [0.4, 0.5) is 8.78 Å². The Balaban J connectivity index is 2.47. The molecular formula is C16H17F2NO3. The lowest BCUT2D eigenvalue weighted by Gasteiger charge is -2.09. The predicted molar refractivity (Wildman–Crippen MR) is 78.8 cm³/mol.